The third kappa shape index (κ3) is 2.62. The van der Waals surface area contributed by atoms with Gasteiger partial charge in [-0.05, 0) is 42.5 Å². The van der Waals surface area contributed by atoms with Gasteiger partial charge in [0.15, 0.2) is 0 Å². The van der Waals surface area contributed by atoms with E-state index in [4.69, 9.17) is 0 Å². The van der Waals surface area contributed by atoms with Gasteiger partial charge in [0, 0.05) is 17.6 Å². The van der Waals surface area contributed by atoms with Gasteiger partial charge in [0.25, 0.3) is 0 Å². The number of amides is 1. The highest BCUT2D eigenvalue weighted by molar-refractivity contribution is 6.01. The standard InChI is InChI=1S/C14H16N6O/c1-10(2)20-7-6-11-12(4-3-5-13(11)20)16-14(21)8-19-9-15-17-18-19/h3-7,9-10H,8H2,1-2H3,(H,16,21). The predicted octanol–water partition coefficient (Wildman–Crippen LogP) is 1.85. The molecular formula is C14H16N6O. The molecule has 2 aromatic heterocycles. The minimum Gasteiger partial charge on any atom is -0.345 e. The summed E-state index contributed by atoms with van der Waals surface area (Å²) >= 11 is 0. The molecule has 1 aromatic carbocycles. The molecule has 7 heteroatoms. The van der Waals surface area contributed by atoms with Gasteiger partial charge < -0.3 is 9.88 Å². The summed E-state index contributed by atoms with van der Waals surface area (Å²) in [5.74, 6) is -0.160. The van der Waals surface area contributed by atoms with Crippen molar-refractivity contribution in [3.8, 4) is 0 Å². The van der Waals surface area contributed by atoms with Gasteiger partial charge in [-0.3, -0.25) is 4.79 Å². The third-order valence-electron chi connectivity index (χ3n) is 3.29. The lowest BCUT2D eigenvalue weighted by molar-refractivity contribution is -0.116. The second-order valence-electron chi connectivity index (χ2n) is 5.11. The summed E-state index contributed by atoms with van der Waals surface area (Å²) in [7, 11) is 0. The molecule has 0 radical (unpaired) electrons. The average molecular weight is 284 g/mol. The molecule has 0 spiro atoms. The van der Waals surface area contributed by atoms with Crippen LogP contribution in [0.5, 0.6) is 0 Å². The van der Waals surface area contributed by atoms with Crippen LogP contribution in [0.1, 0.15) is 19.9 Å². The van der Waals surface area contributed by atoms with E-state index in [1.165, 1.54) is 11.0 Å². The van der Waals surface area contributed by atoms with E-state index in [2.05, 4.69) is 39.3 Å². The molecule has 7 nitrogen and oxygen atoms in total. The van der Waals surface area contributed by atoms with Crippen LogP contribution in [0.2, 0.25) is 0 Å². The Hall–Kier alpha value is -2.70. The summed E-state index contributed by atoms with van der Waals surface area (Å²) in [4.78, 5) is 12.0. The predicted molar refractivity (Wildman–Crippen MR) is 78.8 cm³/mol. The van der Waals surface area contributed by atoms with E-state index in [1.807, 2.05) is 30.5 Å². The van der Waals surface area contributed by atoms with Crippen LogP contribution in [0.4, 0.5) is 5.69 Å². The monoisotopic (exact) mass is 284 g/mol. The van der Waals surface area contributed by atoms with E-state index in [-0.39, 0.29) is 12.5 Å². The Morgan fingerprint density at radius 3 is 2.90 bits per heavy atom. The molecule has 0 unspecified atom stereocenters. The van der Waals surface area contributed by atoms with Crippen molar-refractivity contribution in [1.82, 2.24) is 24.8 Å². The van der Waals surface area contributed by atoms with E-state index in [0.29, 0.717) is 6.04 Å². The Kier molecular flexibility index (Phi) is 3.39. The Balaban J connectivity index is 1.85. The lowest BCUT2D eigenvalue weighted by Gasteiger charge is -2.11. The van der Waals surface area contributed by atoms with Gasteiger partial charge in [-0.15, -0.1) is 5.10 Å². The molecule has 2 heterocycles. The van der Waals surface area contributed by atoms with Gasteiger partial charge in [-0.2, -0.15) is 0 Å². The summed E-state index contributed by atoms with van der Waals surface area (Å²) in [5, 5.41) is 14.6. The molecular weight excluding hydrogens is 268 g/mol. The molecule has 1 amide bonds. The van der Waals surface area contributed by atoms with Crippen molar-refractivity contribution >= 4 is 22.5 Å². The first-order valence-electron chi connectivity index (χ1n) is 6.75. The van der Waals surface area contributed by atoms with Crippen molar-refractivity contribution in [2.45, 2.75) is 26.4 Å². The highest BCUT2D eigenvalue weighted by atomic mass is 16.2. The minimum atomic E-state index is -0.160. The highest BCUT2D eigenvalue weighted by Gasteiger charge is 2.10. The molecule has 3 aromatic rings. The minimum absolute atomic E-state index is 0.0915. The third-order valence-corrected chi connectivity index (χ3v) is 3.29. The van der Waals surface area contributed by atoms with Gasteiger partial charge >= 0.3 is 0 Å². The van der Waals surface area contributed by atoms with Crippen molar-refractivity contribution in [2.24, 2.45) is 0 Å². The number of fused-ring (bicyclic) bond motifs is 1. The maximum atomic E-state index is 12.0. The molecule has 0 bridgehead atoms. The smallest absolute Gasteiger partial charge is 0.246 e. The number of tetrazole rings is 1. The number of carbonyl (C=O) groups excluding carboxylic acids is 1. The van der Waals surface area contributed by atoms with E-state index in [1.54, 1.807) is 0 Å². The zero-order valence-corrected chi connectivity index (χ0v) is 11.9. The molecule has 3 rings (SSSR count). The SMILES string of the molecule is CC(C)n1ccc2c(NC(=O)Cn3cnnn3)cccc21. The normalized spacial score (nSPS) is 11.2. The summed E-state index contributed by atoms with van der Waals surface area (Å²) in [5.41, 5.74) is 1.90. The quantitative estimate of drug-likeness (QED) is 0.793. The lowest BCUT2D eigenvalue weighted by Crippen LogP contribution is -2.19. The fraction of sp³-hybridized carbons (Fsp3) is 0.286. The van der Waals surface area contributed by atoms with Gasteiger partial charge in [-0.1, -0.05) is 6.07 Å². The maximum Gasteiger partial charge on any atom is 0.246 e. The highest BCUT2D eigenvalue weighted by Crippen LogP contribution is 2.26. The van der Waals surface area contributed by atoms with Gasteiger partial charge in [0.2, 0.25) is 5.91 Å². The van der Waals surface area contributed by atoms with Crippen LogP contribution in [0, 0.1) is 0 Å². The van der Waals surface area contributed by atoms with Gasteiger partial charge in [0.1, 0.15) is 12.9 Å². The number of carbonyl (C=O) groups is 1. The molecule has 0 aliphatic rings. The Labute approximate surface area is 121 Å². The second kappa shape index (κ2) is 5.35. The van der Waals surface area contributed by atoms with Gasteiger partial charge in [0.05, 0.1) is 11.2 Å². The molecule has 0 aliphatic carbocycles. The molecule has 0 fully saturated rings. The largest absolute Gasteiger partial charge is 0.345 e. The lowest BCUT2D eigenvalue weighted by atomic mass is 10.2. The van der Waals surface area contributed by atoms with E-state index < -0.39 is 0 Å². The number of nitrogens with zero attached hydrogens (tertiary/aromatic N) is 5. The zero-order valence-electron chi connectivity index (χ0n) is 11.9. The molecule has 0 saturated heterocycles. The average Bonchev–Trinajstić information content (AvgIpc) is 3.07. The number of rotatable bonds is 4. The first-order chi connectivity index (χ1) is 10.1. The topological polar surface area (TPSA) is 77.6 Å². The summed E-state index contributed by atoms with van der Waals surface area (Å²) in [6.45, 7) is 4.35. The first-order valence-corrected chi connectivity index (χ1v) is 6.75. The molecule has 0 atom stereocenters. The van der Waals surface area contributed by atoms with Crippen LogP contribution in [-0.2, 0) is 11.3 Å². The van der Waals surface area contributed by atoms with E-state index >= 15 is 0 Å². The van der Waals surface area contributed by atoms with Crippen LogP contribution in [0.15, 0.2) is 36.8 Å². The Morgan fingerprint density at radius 2 is 2.19 bits per heavy atom. The van der Waals surface area contributed by atoms with Crippen molar-refractivity contribution in [1.29, 1.82) is 0 Å². The number of aromatic nitrogens is 5. The number of benzene rings is 1. The van der Waals surface area contributed by atoms with Gasteiger partial charge in [-0.25, -0.2) is 4.68 Å². The molecule has 108 valence electrons. The molecule has 1 N–H and O–H groups in total. The molecule has 21 heavy (non-hydrogen) atoms. The Morgan fingerprint density at radius 1 is 1.33 bits per heavy atom. The summed E-state index contributed by atoms with van der Waals surface area (Å²) in [6.07, 6.45) is 3.45. The van der Waals surface area contributed by atoms with E-state index in [0.717, 1.165) is 16.6 Å². The molecule has 0 aliphatic heterocycles. The maximum absolute atomic E-state index is 12.0. The van der Waals surface area contributed by atoms with Crippen LogP contribution < -0.4 is 5.32 Å². The van der Waals surface area contributed by atoms with Crippen LogP contribution in [0.3, 0.4) is 0 Å². The summed E-state index contributed by atoms with van der Waals surface area (Å²) < 4.78 is 3.56. The second-order valence-corrected chi connectivity index (χ2v) is 5.11. The van der Waals surface area contributed by atoms with Crippen molar-refractivity contribution < 1.29 is 4.79 Å². The first kappa shape index (κ1) is 13.3. The number of hydrogen-bond acceptors (Lipinski definition) is 4. The van der Waals surface area contributed by atoms with Crippen LogP contribution in [0.25, 0.3) is 10.9 Å². The number of anilines is 1. The van der Waals surface area contributed by atoms with E-state index in [9.17, 15) is 4.79 Å². The van der Waals surface area contributed by atoms with Crippen molar-refractivity contribution in [3.63, 3.8) is 0 Å². The zero-order chi connectivity index (χ0) is 14.8. The van der Waals surface area contributed by atoms with Crippen molar-refractivity contribution in [2.75, 3.05) is 5.32 Å². The fourth-order valence-electron chi connectivity index (χ4n) is 2.34. The fourth-order valence-corrected chi connectivity index (χ4v) is 2.34. The van der Waals surface area contributed by atoms with Crippen LogP contribution in [-0.4, -0.2) is 30.7 Å². The molecule has 0 saturated carbocycles. The Bertz CT molecular complexity index is 759. The number of hydrogen-bond donors (Lipinski definition) is 1. The number of nitrogens with one attached hydrogen (secondary N) is 1. The van der Waals surface area contributed by atoms with Crippen molar-refractivity contribution in [3.05, 3.63) is 36.8 Å². The summed E-state index contributed by atoms with van der Waals surface area (Å²) in [6, 6.07) is 8.27. The van der Waals surface area contributed by atoms with Crippen LogP contribution >= 0.6 is 0 Å².